The van der Waals surface area contributed by atoms with Crippen LogP contribution in [0.2, 0.25) is 0 Å². The van der Waals surface area contributed by atoms with Gasteiger partial charge in [-0.3, -0.25) is 18.8 Å². The van der Waals surface area contributed by atoms with Crippen molar-refractivity contribution in [1.82, 2.24) is 29.6 Å². The summed E-state index contributed by atoms with van der Waals surface area (Å²) in [5, 5.41) is 4.01. The van der Waals surface area contributed by atoms with Crippen LogP contribution in [0.1, 0.15) is 16.3 Å². The highest BCUT2D eigenvalue weighted by atomic mass is 32.2. The molecule has 1 fully saturated rings. The van der Waals surface area contributed by atoms with E-state index in [1.807, 2.05) is 0 Å². The molecule has 0 bridgehead atoms. The van der Waals surface area contributed by atoms with Gasteiger partial charge in [-0.05, 0) is 0 Å². The van der Waals surface area contributed by atoms with Crippen molar-refractivity contribution in [1.29, 1.82) is 0 Å². The summed E-state index contributed by atoms with van der Waals surface area (Å²) in [7, 11) is -1.76. The number of nitrogens with zero attached hydrogens (tertiary/aromatic N) is 7. The topological polar surface area (TPSA) is 114 Å². The molecule has 126 valence electrons. The second-order valence-electron chi connectivity index (χ2n) is 6.18. The first-order chi connectivity index (χ1) is 11.3. The molecule has 11 heteroatoms. The molecule has 2 aromatic heterocycles. The van der Waals surface area contributed by atoms with E-state index in [1.165, 1.54) is 27.7 Å². The molecule has 0 unspecified atom stereocenters. The Morgan fingerprint density at radius 3 is 2.50 bits per heavy atom. The number of amides is 1. The van der Waals surface area contributed by atoms with E-state index in [4.69, 9.17) is 0 Å². The van der Waals surface area contributed by atoms with Crippen molar-refractivity contribution in [2.24, 2.45) is 7.05 Å². The maximum atomic E-state index is 12.4. The Bertz CT molecular complexity index is 933. The molecule has 0 atom stereocenters. The summed E-state index contributed by atoms with van der Waals surface area (Å²) in [6.45, 7) is 0.966. The summed E-state index contributed by atoms with van der Waals surface area (Å²) in [4.78, 5) is 26.4. The molecular weight excluding hydrogens is 334 g/mol. The molecule has 2 aromatic rings. The molecule has 0 N–H and O–H groups in total. The molecule has 0 radical (unpaired) electrons. The van der Waals surface area contributed by atoms with Crippen LogP contribution < -0.4 is 4.31 Å². The minimum atomic E-state index is -3.45. The van der Waals surface area contributed by atoms with Crippen LogP contribution in [0, 0.1) is 0 Å². The lowest BCUT2D eigenvalue weighted by Crippen LogP contribution is -2.63. The fourth-order valence-corrected chi connectivity index (χ4v) is 4.17. The molecular formula is C13H15N7O3S. The van der Waals surface area contributed by atoms with E-state index in [1.54, 1.807) is 11.9 Å². The van der Waals surface area contributed by atoms with Gasteiger partial charge in [0.05, 0.1) is 23.9 Å². The maximum absolute atomic E-state index is 12.4. The third kappa shape index (κ3) is 2.08. The zero-order valence-electron chi connectivity index (χ0n) is 13.1. The van der Waals surface area contributed by atoms with Crippen molar-refractivity contribution in [3.63, 3.8) is 0 Å². The second-order valence-corrected chi connectivity index (χ2v) is 8.09. The number of fused-ring (bicyclic) bond motifs is 2. The van der Waals surface area contributed by atoms with Gasteiger partial charge in [-0.2, -0.15) is 0 Å². The van der Waals surface area contributed by atoms with Gasteiger partial charge >= 0.3 is 0 Å². The van der Waals surface area contributed by atoms with Crippen molar-refractivity contribution in [3.05, 3.63) is 30.2 Å². The highest BCUT2D eigenvalue weighted by Crippen LogP contribution is 2.45. The van der Waals surface area contributed by atoms with Crippen LogP contribution in [0.15, 0.2) is 18.7 Å². The number of hydrogen-bond donors (Lipinski definition) is 0. The van der Waals surface area contributed by atoms with Crippen molar-refractivity contribution < 1.29 is 13.2 Å². The second kappa shape index (κ2) is 4.72. The molecule has 2 aliphatic heterocycles. The minimum absolute atomic E-state index is 0.129. The lowest BCUT2D eigenvalue weighted by atomic mass is 9.78. The SMILES string of the molecule is Cn1cnc(C(=O)N2CC3(C2)CN(S(C)(=O)=O)c2nccnc23)n1. The van der Waals surface area contributed by atoms with Crippen molar-refractivity contribution in [3.8, 4) is 0 Å². The van der Waals surface area contributed by atoms with E-state index < -0.39 is 15.4 Å². The van der Waals surface area contributed by atoms with Gasteiger partial charge in [0.2, 0.25) is 15.8 Å². The van der Waals surface area contributed by atoms with Gasteiger partial charge < -0.3 is 4.90 Å². The van der Waals surface area contributed by atoms with Crippen LogP contribution in [0.25, 0.3) is 0 Å². The molecule has 2 aliphatic rings. The Hall–Kier alpha value is -2.56. The molecule has 0 aromatic carbocycles. The average Bonchev–Trinajstić information content (AvgIpc) is 3.06. The van der Waals surface area contributed by atoms with Gasteiger partial charge in [-0.25, -0.2) is 18.4 Å². The van der Waals surface area contributed by atoms with Crippen LogP contribution in [-0.2, 0) is 22.5 Å². The molecule has 0 aliphatic carbocycles. The number of hydrogen-bond acceptors (Lipinski definition) is 7. The van der Waals surface area contributed by atoms with Crippen LogP contribution in [-0.4, -0.2) is 69.8 Å². The molecule has 1 amide bonds. The monoisotopic (exact) mass is 349 g/mol. The van der Waals surface area contributed by atoms with E-state index in [0.717, 1.165) is 6.26 Å². The van der Waals surface area contributed by atoms with Crippen LogP contribution in [0.5, 0.6) is 0 Å². The fourth-order valence-electron chi connectivity index (χ4n) is 3.24. The van der Waals surface area contributed by atoms with E-state index in [-0.39, 0.29) is 18.3 Å². The highest BCUT2D eigenvalue weighted by molar-refractivity contribution is 7.92. The van der Waals surface area contributed by atoms with Gasteiger partial charge in [0.25, 0.3) is 5.91 Å². The largest absolute Gasteiger partial charge is 0.334 e. The Balaban J connectivity index is 1.62. The summed E-state index contributed by atoms with van der Waals surface area (Å²) in [5.41, 5.74) is 0.102. The Labute approximate surface area is 138 Å². The number of likely N-dealkylation sites (tertiary alicyclic amines) is 1. The van der Waals surface area contributed by atoms with E-state index in [9.17, 15) is 13.2 Å². The quantitative estimate of drug-likeness (QED) is 0.667. The first-order valence-corrected chi connectivity index (χ1v) is 9.09. The highest BCUT2D eigenvalue weighted by Gasteiger charge is 2.56. The summed E-state index contributed by atoms with van der Waals surface area (Å²) >= 11 is 0. The maximum Gasteiger partial charge on any atom is 0.293 e. The molecule has 1 saturated heterocycles. The molecule has 1 spiro atoms. The van der Waals surface area contributed by atoms with E-state index in [2.05, 4.69) is 20.1 Å². The first kappa shape index (κ1) is 15.0. The molecule has 4 heterocycles. The number of rotatable bonds is 2. The Morgan fingerprint density at radius 1 is 1.17 bits per heavy atom. The van der Waals surface area contributed by atoms with Crippen LogP contribution in [0.3, 0.4) is 0 Å². The van der Waals surface area contributed by atoms with E-state index in [0.29, 0.717) is 24.6 Å². The first-order valence-electron chi connectivity index (χ1n) is 7.24. The molecule has 4 rings (SSSR count). The summed E-state index contributed by atoms with van der Waals surface area (Å²) in [6, 6.07) is 0. The molecule has 24 heavy (non-hydrogen) atoms. The van der Waals surface area contributed by atoms with Gasteiger partial charge in [0.1, 0.15) is 6.33 Å². The number of aryl methyl sites for hydroxylation is 1. The lowest BCUT2D eigenvalue weighted by Gasteiger charge is -2.46. The fraction of sp³-hybridized carbons (Fsp3) is 0.462. The zero-order valence-corrected chi connectivity index (χ0v) is 13.9. The number of anilines is 1. The molecule has 10 nitrogen and oxygen atoms in total. The number of sulfonamides is 1. The van der Waals surface area contributed by atoms with Gasteiger partial charge in [-0.15, -0.1) is 5.10 Å². The molecule has 0 saturated carbocycles. The lowest BCUT2D eigenvalue weighted by molar-refractivity contribution is 0.0410. The Morgan fingerprint density at radius 2 is 1.88 bits per heavy atom. The van der Waals surface area contributed by atoms with Gasteiger partial charge in [0.15, 0.2) is 5.82 Å². The van der Waals surface area contributed by atoms with Crippen molar-refractivity contribution >= 4 is 21.7 Å². The van der Waals surface area contributed by atoms with Crippen LogP contribution in [0.4, 0.5) is 5.82 Å². The third-order valence-corrected chi connectivity index (χ3v) is 5.43. The van der Waals surface area contributed by atoms with Gasteiger partial charge in [0, 0.05) is 32.5 Å². The third-order valence-electron chi connectivity index (χ3n) is 4.33. The Kier molecular flexibility index (Phi) is 2.95. The smallest absolute Gasteiger partial charge is 0.293 e. The predicted molar refractivity (Wildman–Crippen MR) is 82.8 cm³/mol. The predicted octanol–water partition coefficient (Wildman–Crippen LogP) is -1.22. The van der Waals surface area contributed by atoms with Gasteiger partial charge in [-0.1, -0.05) is 0 Å². The summed E-state index contributed by atoms with van der Waals surface area (Å²) in [5.74, 6) is 0.206. The number of aromatic nitrogens is 5. The number of carbonyl (C=O) groups is 1. The van der Waals surface area contributed by atoms with Crippen LogP contribution >= 0.6 is 0 Å². The summed E-state index contributed by atoms with van der Waals surface area (Å²) < 4.78 is 26.8. The minimum Gasteiger partial charge on any atom is -0.334 e. The van der Waals surface area contributed by atoms with E-state index >= 15 is 0 Å². The summed E-state index contributed by atoms with van der Waals surface area (Å²) in [6.07, 6.45) is 5.61. The van der Waals surface area contributed by atoms with Crippen molar-refractivity contribution in [2.75, 3.05) is 30.2 Å². The number of carbonyl (C=O) groups excluding carboxylic acids is 1. The normalized spacial score (nSPS) is 18.6. The zero-order chi connectivity index (χ0) is 17.1. The van der Waals surface area contributed by atoms with Crippen molar-refractivity contribution in [2.45, 2.75) is 5.41 Å². The standard InChI is InChI=1S/C13H15N7O3S/c1-18-8-16-10(17-18)12(21)19-5-13(6-19)7-20(24(2,22)23)11-9(13)14-3-4-15-11/h3-4,8H,5-7H2,1-2H3. The average molecular weight is 349 g/mol.